The lowest BCUT2D eigenvalue weighted by molar-refractivity contribution is -0.168. The number of benzene rings is 4. The molecule has 10 aromatic rings. The van der Waals surface area contributed by atoms with Crippen LogP contribution in [0.5, 0.6) is 5.75 Å². The number of hydrogen-bond donors (Lipinski definition) is 4. The van der Waals surface area contributed by atoms with Crippen LogP contribution in [0.25, 0.3) is 43.9 Å². The van der Waals surface area contributed by atoms with Crippen molar-refractivity contribution < 1.29 is 43.5 Å². The lowest BCUT2D eigenvalue weighted by Crippen LogP contribution is -2.41. The summed E-state index contributed by atoms with van der Waals surface area (Å²) < 4.78 is 36.3. The normalized spacial score (nSPS) is 25.2. The van der Waals surface area contributed by atoms with Crippen molar-refractivity contribution in [2.45, 2.75) is 133 Å². The molecule has 492 valence electrons. The third-order valence-electron chi connectivity index (χ3n) is 19.3. The van der Waals surface area contributed by atoms with Gasteiger partial charge in [-0.05, 0) is 163 Å². The number of aliphatic hydroxyl groups excluding tert-OH is 2. The van der Waals surface area contributed by atoms with Crippen molar-refractivity contribution in [2.75, 3.05) is 30.8 Å². The first kappa shape index (κ1) is 64.7. The summed E-state index contributed by atoms with van der Waals surface area (Å²) in [5, 5.41) is 29.8. The fourth-order valence-corrected chi connectivity index (χ4v) is 16.2. The standard InChI is InChI=1S/C47H48BrClN6O7.C23H22BrClN6O2/c1-45(2,3)62-44(57)55-26-47(23-37(38-39(47)61-46(4,5)60-38)53-19-18-33-40(49)50-27-51-41(33)53)22-36(55)31-15-14-30-20-34(48)42(52-35(30)21-31)54(24-28-12-16-32(58-6)17-13-28)43(56)59-25-29-10-8-7-9-11-29;24-14-5-11-1-2-12(6-15(11)30-21(14)26)16-7-23(9-27-16)8-17(18(32)19(23)33)31-4-3-13-20(25)28-10-29-22(13)31/h7-21,27,36-39H,22-26H2,1-6H3;1-6,10,16-19,27,32-33H,7-9H2,(H2,26,30)/t36?,37-,38+,39+,47+;16?,17-,18+,19+,23+/m11/s1. The fraction of sp³-hybridized carbons (Fsp3) is 0.371. The highest BCUT2D eigenvalue weighted by Crippen LogP contribution is 2.61. The molecule has 21 nitrogen and oxygen atoms in total. The highest BCUT2D eigenvalue weighted by molar-refractivity contribution is 9.11. The summed E-state index contributed by atoms with van der Waals surface area (Å²) in [6.07, 6.45) is 5.86. The number of amides is 2. The van der Waals surface area contributed by atoms with E-state index in [2.05, 4.69) is 72.7 Å². The second-order valence-electron chi connectivity index (χ2n) is 27.0. The average Bonchev–Trinajstić information content (AvgIpc) is 1.55. The molecule has 5 N–H and O–H groups in total. The molecular weight excluding hydrogens is 1380 g/mol. The van der Waals surface area contributed by atoms with Gasteiger partial charge in [-0.3, -0.25) is 4.90 Å². The molecule has 3 aliphatic heterocycles. The molecule has 15 rings (SSSR count). The molecule has 2 unspecified atom stereocenters. The number of rotatable bonds is 10. The first-order valence-corrected chi connectivity index (χ1v) is 33.8. The van der Waals surface area contributed by atoms with Crippen LogP contribution < -0.4 is 20.7 Å². The summed E-state index contributed by atoms with van der Waals surface area (Å²) >= 11 is 19.9. The summed E-state index contributed by atoms with van der Waals surface area (Å²) in [6, 6.07) is 36.1. The van der Waals surface area contributed by atoms with Gasteiger partial charge < -0.3 is 59.0 Å². The third kappa shape index (κ3) is 12.3. The van der Waals surface area contributed by atoms with E-state index in [4.69, 9.17) is 57.6 Å². The predicted octanol–water partition coefficient (Wildman–Crippen LogP) is 13.9. The van der Waals surface area contributed by atoms with E-state index in [0.717, 1.165) is 53.8 Å². The number of nitrogens with one attached hydrogen (secondary N) is 1. The fourth-order valence-electron chi connectivity index (χ4n) is 14.9. The summed E-state index contributed by atoms with van der Waals surface area (Å²) in [5.41, 5.74) is 10.8. The minimum absolute atomic E-state index is 0.0415. The molecule has 2 spiro atoms. The molecule has 5 aliphatic rings. The van der Waals surface area contributed by atoms with Gasteiger partial charge in [-0.15, -0.1) is 0 Å². The van der Waals surface area contributed by atoms with Gasteiger partial charge in [0, 0.05) is 53.1 Å². The third-order valence-corrected chi connectivity index (χ3v) is 21.1. The van der Waals surface area contributed by atoms with Crippen molar-refractivity contribution >= 4 is 123 Å². The number of halogens is 4. The highest BCUT2D eigenvalue weighted by Gasteiger charge is 2.66. The van der Waals surface area contributed by atoms with Crippen molar-refractivity contribution in [2.24, 2.45) is 10.8 Å². The number of nitrogens with two attached hydrogens (primary N) is 1. The molecule has 10 atom stereocenters. The molecule has 3 saturated heterocycles. The van der Waals surface area contributed by atoms with Crippen molar-refractivity contribution in [1.29, 1.82) is 0 Å². The number of aromatic nitrogens is 8. The number of fused-ring (bicyclic) bond motifs is 6. The molecule has 0 bridgehead atoms. The number of nitrogens with zero attached hydrogens (tertiary/aromatic N) is 10. The van der Waals surface area contributed by atoms with Crippen molar-refractivity contribution in [3.8, 4) is 5.75 Å². The molecule has 95 heavy (non-hydrogen) atoms. The summed E-state index contributed by atoms with van der Waals surface area (Å²) in [4.78, 5) is 58.6. The monoisotopic (exact) mass is 1450 g/mol. The Morgan fingerprint density at radius 1 is 0.747 bits per heavy atom. The van der Waals surface area contributed by atoms with E-state index in [-0.39, 0.29) is 43.5 Å². The van der Waals surface area contributed by atoms with Crippen LogP contribution in [0, 0.1) is 10.8 Å². The molecule has 2 amide bonds. The largest absolute Gasteiger partial charge is 0.497 e. The van der Waals surface area contributed by atoms with Crippen molar-refractivity contribution in [1.82, 2.24) is 49.3 Å². The molecule has 6 aromatic heterocycles. The van der Waals surface area contributed by atoms with Crippen molar-refractivity contribution in [3.63, 3.8) is 0 Å². The van der Waals surface area contributed by atoms with Crippen LogP contribution in [0.15, 0.2) is 149 Å². The van der Waals surface area contributed by atoms with Crippen LogP contribution in [0.3, 0.4) is 0 Å². The van der Waals surface area contributed by atoms with Gasteiger partial charge in [-0.1, -0.05) is 89.9 Å². The Hall–Kier alpha value is -7.58. The van der Waals surface area contributed by atoms with Gasteiger partial charge in [-0.25, -0.2) is 39.5 Å². The van der Waals surface area contributed by atoms with Gasteiger partial charge in [0.2, 0.25) is 0 Å². The maximum atomic E-state index is 14.3. The summed E-state index contributed by atoms with van der Waals surface area (Å²) in [6.45, 7) is 10.7. The first-order chi connectivity index (χ1) is 45.5. The number of likely N-dealkylation sites (tertiary alicyclic amines) is 1. The van der Waals surface area contributed by atoms with Gasteiger partial charge in [0.05, 0.1) is 74.7 Å². The summed E-state index contributed by atoms with van der Waals surface area (Å²) in [7, 11) is 1.61. The smallest absolute Gasteiger partial charge is 0.416 e. The number of anilines is 2. The average molecular weight is 1450 g/mol. The predicted molar refractivity (Wildman–Crippen MR) is 368 cm³/mol. The lowest BCUT2D eigenvalue weighted by atomic mass is 9.80. The maximum absolute atomic E-state index is 14.3. The van der Waals surface area contributed by atoms with Gasteiger partial charge in [-0.2, -0.15) is 0 Å². The van der Waals surface area contributed by atoms with Gasteiger partial charge >= 0.3 is 12.2 Å². The number of ether oxygens (including phenoxy) is 5. The van der Waals surface area contributed by atoms with E-state index in [9.17, 15) is 19.8 Å². The number of hydrogen-bond acceptors (Lipinski definition) is 17. The van der Waals surface area contributed by atoms with E-state index in [1.165, 1.54) is 17.6 Å². The Kier molecular flexibility index (Phi) is 17.1. The topological polar surface area (TPSA) is 252 Å². The Labute approximate surface area is 574 Å². The number of aliphatic hydroxyl groups is 2. The number of carbonyl (C=O) groups is 2. The highest BCUT2D eigenvalue weighted by atomic mass is 79.9. The second kappa shape index (κ2) is 25.1. The molecule has 25 heteroatoms. The zero-order valence-electron chi connectivity index (χ0n) is 52.9. The Morgan fingerprint density at radius 3 is 2.05 bits per heavy atom. The Morgan fingerprint density at radius 2 is 1.38 bits per heavy atom. The van der Waals surface area contributed by atoms with E-state index < -0.39 is 52.7 Å². The van der Waals surface area contributed by atoms with Crippen LogP contribution in [0.4, 0.5) is 21.2 Å². The second-order valence-corrected chi connectivity index (χ2v) is 29.4. The molecule has 4 aromatic carbocycles. The Balaban J connectivity index is 0.000000197. The number of carbonyl (C=O) groups excluding carboxylic acids is 2. The first-order valence-electron chi connectivity index (χ1n) is 31.4. The zero-order valence-corrected chi connectivity index (χ0v) is 57.6. The van der Waals surface area contributed by atoms with E-state index in [1.807, 2.05) is 166 Å². The maximum Gasteiger partial charge on any atom is 0.416 e. The van der Waals surface area contributed by atoms with Crippen LogP contribution in [-0.2, 0) is 32.1 Å². The number of nitrogen functional groups attached to an aromatic ring is 1. The summed E-state index contributed by atoms with van der Waals surface area (Å²) in [5.74, 6) is 0.687. The number of methoxy groups -OCH3 is 1. The quantitative estimate of drug-likeness (QED) is 0.0929. The van der Waals surface area contributed by atoms with E-state index >= 15 is 0 Å². The molecule has 9 heterocycles. The Bertz CT molecular complexity index is 4600. The minimum atomic E-state index is -0.912. The molecule has 2 aliphatic carbocycles. The molecular formula is C70H70Br2Cl2N12O9. The van der Waals surface area contributed by atoms with Gasteiger partial charge in [0.15, 0.2) is 11.6 Å². The van der Waals surface area contributed by atoms with Gasteiger partial charge in [0.25, 0.3) is 0 Å². The number of pyridine rings is 2. The van der Waals surface area contributed by atoms with Crippen LogP contribution in [0.2, 0.25) is 10.3 Å². The van der Waals surface area contributed by atoms with Crippen LogP contribution >= 0.6 is 55.1 Å². The SMILES string of the molecule is COc1ccc(CN(C(=O)OCc2ccccc2)c2nc3cc(C4C[C@]5(C[C@@H](n6ccc7c(Cl)ncnc76)[C@@H]6OC(C)(C)O[C@@H]65)CN4C(=O)OC(C)(C)C)ccc3cc2Br)cc1.Nc1nc2cc(C3C[C@@]4(CN3)C[C@@H](n3ccc5c(Cl)ncnc53)[C@H](O)[C@@H]4O)ccc2cc1Br. The van der Waals surface area contributed by atoms with E-state index in [0.29, 0.717) is 87.7 Å². The van der Waals surface area contributed by atoms with Crippen LogP contribution in [-0.4, -0.2) is 122 Å². The van der Waals surface area contributed by atoms with Gasteiger partial charge in [0.1, 0.15) is 70.2 Å². The van der Waals surface area contributed by atoms with Crippen molar-refractivity contribution in [3.05, 3.63) is 182 Å². The molecule has 2 saturated carbocycles. The molecule has 5 fully saturated rings. The van der Waals surface area contributed by atoms with Crippen LogP contribution in [0.1, 0.15) is 107 Å². The zero-order chi connectivity index (χ0) is 66.5. The minimum Gasteiger partial charge on any atom is -0.497 e. The lowest BCUT2D eigenvalue weighted by Gasteiger charge is -2.32. The van der Waals surface area contributed by atoms with E-state index in [1.54, 1.807) is 7.11 Å². The molecule has 0 radical (unpaired) electrons.